The molecule has 0 saturated heterocycles. The Balaban J connectivity index is 1.44. The van der Waals surface area contributed by atoms with E-state index in [0.717, 1.165) is 18.2 Å². The van der Waals surface area contributed by atoms with E-state index in [0.29, 0.717) is 22.7 Å². The Labute approximate surface area is 204 Å². The van der Waals surface area contributed by atoms with E-state index in [2.05, 4.69) is 10.6 Å². The zero-order chi connectivity index (χ0) is 26.1. The van der Waals surface area contributed by atoms with Gasteiger partial charge in [0.2, 0.25) is 0 Å². The van der Waals surface area contributed by atoms with E-state index < -0.39 is 36.8 Å². The summed E-state index contributed by atoms with van der Waals surface area (Å²) in [5.41, 5.74) is 0.263. The number of amides is 2. The zero-order valence-electron chi connectivity index (χ0n) is 18.9. The summed E-state index contributed by atoms with van der Waals surface area (Å²) in [5.74, 6) is -1.64. The van der Waals surface area contributed by atoms with Crippen molar-refractivity contribution in [1.82, 2.24) is 0 Å². The fraction of sp³-hybridized carbons (Fsp3) is 0.160. The van der Waals surface area contributed by atoms with Gasteiger partial charge in [-0.15, -0.1) is 0 Å². The molecule has 3 rings (SSSR count). The molecule has 0 atom stereocenters. The Morgan fingerprint density at radius 2 is 1.58 bits per heavy atom. The third-order valence-corrected chi connectivity index (χ3v) is 4.67. The lowest BCUT2D eigenvalue weighted by Crippen LogP contribution is -2.23. The number of hydrogen-bond acceptors (Lipinski definition) is 6. The number of ether oxygens (including phenoxy) is 3. The molecule has 0 saturated carbocycles. The molecule has 0 heterocycles. The molecule has 0 radical (unpaired) electrons. The SMILES string of the molecule is COc1ccccc1NC(=O)c1ccc(NC(=O)COC(=O)COc2cccc(C(F)(F)F)c2)cc1. The van der Waals surface area contributed by atoms with Gasteiger partial charge in [0, 0.05) is 11.3 Å². The minimum absolute atomic E-state index is 0.166. The van der Waals surface area contributed by atoms with Crippen molar-refractivity contribution in [2.24, 2.45) is 0 Å². The molecular formula is C25H21F3N2O6. The standard InChI is InChI=1S/C25H21F3N2O6/c1-34-21-8-3-2-7-20(21)30-24(33)16-9-11-18(12-10-16)29-22(31)14-36-23(32)15-35-19-6-4-5-17(13-19)25(26,27)28/h2-13H,14-15H2,1H3,(H,29,31)(H,30,33). The number of halogens is 3. The first-order valence-corrected chi connectivity index (χ1v) is 10.5. The van der Waals surface area contributed by atoms with Crippen molar-refractivity contribution >= 4 is 29.2 Å². The molecule has 0 bridgehead atoms. The lowest BCUT2D eigenvalue weighted by Gasteiger charge is -2.11. The van der Waals surface area contributed by atoms with E-state index in [9.17, 15) is 27.6 Å². The predicted octanol–water partition coefficient (Wildman–Crippen LogP) is 4.53. The molecule has 0 aromatic heterocycles. The monoisotopic (exact) mass is 502 g/mol. The molecule has 0 spiro atoms. The first-order valence-electron chi connectivity index (χ1n) is 10.5. The van der Waals surface area contributed by atoms with Crippen LogP contribution in [0.3, 0.4) is 0 Å². The summed E-state index contributed by atoms with van der Waals surface area (Å²) in [4.78, 5) is 36.2. The summed E-state index contributed by atoms with van der Waals surface area (Å²) in [7, 11) is 1.49. The number of alkyl halides is 3. The number of esters is 1. The van der Waals surface area contributed by atoms with Gasteiger partial charge in [-0.3, -0.25) is 9.59 Å². The Hall–Kier alpha value is -4.54. The maximum atomic E-state index is 12.7. The number of para-hydroxylation sites is 2. The second-order valence-electron chi connectivity index (χ2n) is 7.25. The molecule has 11 heteroatoms. The fourth-order valence-corrected chi connectivity index (χ4v) is 2.94. The van der Waals surface area contributed by atoms with Gasteiger partial charge in [0.25, 0.3) is 11.8 Å². The molecular weight excluding hydrogens is 481 g/mol. The average molecular weight is 502 g/mol. The van der Waals surface area contributed by atoms with Gasteiger partial charge in [-0.25, -0.2) is 4.79 Å². The van der Waals surface area contributed by atoms with E-state index in [1.807, 2.05) is 0 Å². The van der Waals surface area contributed by atoms with Crippen LogP contribution in [0, 0.1) is 0 Å². The minimum atomic E-state index is -4.55. The number of nitrogens with one attached hydrogen (secondary N) is 2. The molecule has 0 aliphatic rings. The van der Waals surface area contributed by atoms with Gasteiger partial charge in [0.05, 0.1) is 18.4 Å². The molecule has 0 fully saturated rings. The summed E-state index contributed by atoms with van der Waals surface area (Å²) in [5, 5.41) is 5.22. The Kier molecular flexibility index (Phi) is 8.50. The van der Waals surface area contributed by atoms with Gasteiger partial charge in [-0.2, -0.15) is 13.2 Å². The number of anilines is 2. The van der Waals surface area contributed by atoms with Crippen molar-refractivity contribution in [3.8, 4) is 11.5 Å². The van der Waals surface area contributed by atoms with Gasteiger partial charge in [0.1, 0.15) is 11.5 Å². The third kappa shape index (κ3) is 7.49. The first kappa shape index (κ1) is 26.1. The maximum absolute atomic E-state index is 12.7. The lowest BCUT2D eigenvalue weighted by atomic mass is 10.2. The molecule has 36 heavy (non-hydrogen) atoms. The molecule has 3 aromatic rings. The second-order valence-corrected chi connectivity index (χ2v) is 7.25. The van der Waals surface area contributed by atoms with E-state index in [1.54, 1.807) is 24.3 Å². The van der Waals surface area contributed by atoms with Gasteiger partial charge < -0.3 is 24.8 Å². The van der Waals surface area contributed by atoms with Crippen molar-refractivity contribution < 1.29 is 41.8 Å². The highest BCUT2D eigenvalue weighted by Crippen LogP contribution is 2.31. The number of methoxy groups -OCH3 is 1. The van der Waals surface area contributed by atoms with E-state index in [-0.39, 0.29) is 11.7 Å². The lowest BCUT2D eigenvalue weighted by molar-refractivity contribution is -0.149. The van der Waals surface area contributed by atoms with Crippen LogP contribution in [0.25, 0.3) is 0 Å². The molecule has 2 amide bonds. The van der Waals surface area contributed by atoms with Crippen molar-refractivity contribution in [3.05, 3.63) is 83.9 Å². The molecule has 2 N–H and O–H groups in total. The van der Waals surface area contributed by atoms with E-state index in [4.69, 9.17) is 14.2 Å². The van der Waals surface area contributed by atoms with Crippen molar-refractivity contribution in [2.75, 3.05) is 31.0 Å². The van der Waals surface area contributed by atoms with Gasteiger partial charge >= 0.3 is 12.1 Å². The van der Waals surface area contributed by atoms with Gasteiger partial charge in [-0.1, -0.05) is 18.2 Å². The maximum Gasteiger partial charge on any atom is 0.416 e. The zero-order valence-corrected chi connectivity index (χ0v) is 18.9. The van der Waals surface area contributed by atoms with Crippen molar-refractivity contribution in [1.29, 1.82) is 0 Å². The van der Waals surface area contributed by atoms with Crippen LogP contribution in [0.2, 0.25) is 0 Å². The summed E-state index contributed by atoms with van der Waals surface area (Å²) in [6.45, 7) is -1.31. The topological polar surface area (TPSA) is 103 Å². The van der Waals surface area contributed by atoms with Crippen molar-refractivity contribution in [3.63, 3.8) is 0 Å². The van der Waals surface area contributed by atoms with Crippen LogP contribution in [0.5, 0.6) is 11.5 Å². The van der Waals surface area contributed by atoms with Crippen LogP contribution >= 0.6 is 0 Å². The van der Waals surface area contributed by atoms with Crippen LogP contribution in [0.15, 0.2) is 72.8 Å². The quantitative estimate of drug-likeness (QED) is 0.417. The van der Waals surface area contributed by atoms with Gasteiger partial charge in [-0.05, 0) is 54.6 Å². The van der Waals surface area contributed by atoms with E-state index >= 15 is 0 Å². The second kappa shape index (κ2) is 11.7. The number of carbonyl (C=O) groups excluding carboxylic acids is 3. The first-order chi connectivity index (χ1) is 17.2. The number of carbonyl (C=O) groups is 3. The van der Waals surface area contributed by atoms with Crippen LogP contribution in [0.4, 0.5) is 24.5 Å². The summed E-state index contributed by atoms with van der Waals surface area (Å²) >= 11 is 0. The molecule has 188 valence electrons. The highest BCUT2D eigenvalue weighted by Gasteiger charge is 2.30. The van der Waals surface area contributed by atoms with Gasteiger partial charge in [0.15, 0.2) is 13.2 Å². The summed E-state index contributed by atoms with van der Waals surface area (Å²) in [6.07, 6.45) is -4.55. The summed E-state index contributed by atoms with van der Waals surface area (Å²) < 4.78 is 53.1. The van der Waals surface area contributed by atoms with Crippen LogP contribution < -0.4 is 20.1 Å². The summed E-state index contributed by atoms with van der Waals surface area (Å²) in [6, 6.07) is 16.9. The highest BCUT2D eigenvalue weighted by molar-refractivity contribution is 6.05. The molecule has 0 aliphatic carbocycles. The minimum Gasteiger partial charge on any atom is -0.495 e. The van der Waals surface area contributed by atoms with E-state index in [1.165, 1.54) is 37.4 Å². The fourth-order valence-electron chi connectivity index (χ4n) is 2.94. The average Bonchev–Trinajstić information content (AvgIpc) is 2.86. The van der Waals surface area contributed by atoms with Crippen LogP contribution in [-0.4, -0.2) is 38.1 Å². The normalized spacial score (nSPS) is 10.8. The number of rotatable bonds is 9. The largest absolute Gasteiger partial charge is 0.495 e. The number of benzene rings is 3. The van der Waals surface area contributed by atoms with Crippen LogP contribution in [-0.2, 0) is 20.5 Å². The highest BCUT2D eigenvalue weighted by atomic mass is 19.4. The Morgan fingerprint density at radius 1 is 0.861 bits per heavy atom. The molecule has 3 aromatic carbocycles. The Bertz CT molecular complexity index is 1230. The molecule has 8 nitrogen and oxygen atoms in total. The number of hydrogen-bond donors (Lipinski definition) is 2. The predicted molar refractivity (Wildman–Crippen MR) is 124 cm³/mol. The third-order valence-electron chi connectivity index (χ3n) is 4.67. The smallest absolute Gasteiger partial charge is 0.416 e. The molecule has 0 unspecified atom stereocenters. The Morgan fingerprint density at radius 3 is 2.28 bits per heavy atom. The van der Waals surface area contributed by atoms with Crippen molar-refractivity contribution in [2.45, 2.75) is 6.18 Å². The van der Waals surface area contributed by atoms with Crippen LogP contribution in [0.1, 0.15) is 15.9 Å². The molecule has 0 aliphatic heterocycles.